The van der Waals surface area contributed by atoms with Crippen molar-refractivity contribution in [3.63, 3.8) is 0 Å². The number of aromatic nitrogens is 2. The van der Waals surface area contributed by atoms with E-state index in [-0.39, 0.29) is 0 Å². The number of nitrogens with zero attached hydrogens (tertiary/aromatic N) is 3. The summed E-state index contributed by atoms with van der Waals surface area (Å²) in [5, 5.41) is 3.35. The normalized spacial score (nSPS) is 10.9. The summed E-state index contributed by atoms with van der Waals surface area (Å²) in [7, 11) is 2.10. The first-order valence-corrected chi connectivity index (χ1v) is 6.97. The Labute approximate surface area is 111 Å². The standard InChI is InChI=1S/C14H26N4/c1-5-8-15-9-12-10-16-11-14(17-12)18(4)13(6-2)7-3/h10-11,13,15H,5-9H2,1-4H3. The number of nitrogens with one attached hydrogen (secondary N) is 1. The fourth-order valence-electron chi connectivity index (χ4n) is 2.07. The molecule has 1 heterocycles. The SMILES string of the molecule is CCCNCc1cncc(N(C)C(CC)CC)n1. The van der Waals surface area contributed by atoms with Crippen molar-refractivity contribution in [2.45, 2.75) is 52.6 Å². The molecule has 1 rings (SSSR count). The topological polar surface area (TPSA) is 41.1 Å². The Morgan fingerprint density at radius 2 is 1.94 bits per heavy atom. The maximum absolute atomic E-state index is 4.66. The highest BCUT2D eigenvalue weighted by atomic mass is 15.2. The van der Waals surface area contributed by atoms with Gasteiger partial charge in [-0.2, -0.15) is 0 Å². The molecule has 0 amide bonds. The Kier molecular flexibility index (Phi) is 6.65. The van der Waals surface area contributed by atoms with Gasteiger partial charge in [0.15, 0.2) is 0 Å². The molecule has 0 fully saturated rings. The van der Waals surface area contributed by atoms with Gasteiger partial charge in [0, 0.05) is 25.8 Å². The molecule has 0 atom stereocenters. The number of rotatable bonds is 8. The summed E-state index contributed by atoms with van der Waals surface area (Å²) in [4.78, 5) is 11.2. The van der Waals surface area contributed by atoms with Gasteiger partial charge in [-0.1, -0.05) is 20.8 Å². The molecule has 0 bridgehead atoms. The van der Waals surface area contributed by atoms with Gasteiger partial charge in [-0.25, -0.2) is 4.98 Å². The van der Waals surface area contributed by atoms with E-state index in [1.165, 1.54) is 0 Å². The molecule has 4 heteroatoms. The van der Waals surface area contributed by atoms with E-state index < -0.39 is 0 Å². The molecular weight excluding hydrogens is 224 g/mol. The molecule has 0 aliphatic carbocycles. The molecule has 1 N–H and O–H groups in total. The van der Waals surface area contributed by atoms with E-state index in [9.17, 15) is 0 Å². The number of hydrogen-bond acceptors (Lipinski definition) is 4. The average Bonchev–Trinajstić information content (AvgIpc) is 2.41. The van der Waals surface area contributed by atoms with Gasteiger partial charge in [0.2, 0.25) is 0 Å². The molecule has 18 heavy (non-hydrogen) atoms. The molecule has 0 saturated carbocycles. The lowest BCUT2D eigenvalue weighted by Crippen LogP contribution is -2.31. The third kappa shape index (κ3) is 4.26. The van der Waals surface area contributed by atoms with Crippen molar-refractivity contribution < 1.29 is 0 Å². The summed E-state index contributed by atoms with van der Waals surface area (Å²) in [5.41, 5.74) is 1.01. The van der Waals surface area contributed by atoms with E-state index in [2.05, 4.69) is 48.0 Å². The molecule has 0 saturated heterocycles. The minimum atomic E-state index is 0.540. The molecule has 0 aliphatic rings. The second-order valence-corrected chi connectivity index (χ2v) is 4.63. The predicted octanol–water partition coefficient (Wildman–Crippen LogP) is 2.60. The largest absolute Gasteiger partial charge is 0.355 e. The van der Waals surface area contributed by atoms with E-state index in [0.717, 1.165) is 43.9 Å². The molecule has 0 aromatic carbocycles. The molecule has 4 nitrogen and oxygen atoms in total. The van der Waals surface area contributed by atoms with Gasteiger partial charge in [0.05, 0.1) is 11.9 Å². The fourth-order valence-corrected chi connectivity index (χ4v) is 2.07. The van der Waals surface area contributed by atoms with Crippen LogP contribution in [0.4, 0.5) is 5.82 Å². The second kappa shape index (κ2) is 8.03. The first kappa shape index (κ1) is 14.9. The Hall–Kier alpha value is -1.16. The molecule has 0 spiro atoms. The van der Waals surface area contributed by atoms with Gasteiger partial charge in [0.1, 0.15) is 5.82 Å². The van der Waals surface area contributed by atoms with Crippen LogP contribution < -0.4 is 10.2 Å². The first-order valence-electron chi connectivity index (χ1n) is 6.97. The van der Waals surface area contributed by atoms with Crippen molar-refractivity contribution in [2.75, 3.05) is 18.5 Å². The fraction of sp³-hybridized carbons (Fsp3) is 0.714. The highest BCUT2D eigenvalue weighted by molar-refractivity contribution is 5.36. The quantitative estimate of drug-likeness (QED) is 0.720. The molecule has 0 unspecified atom stereocenters. The van der Waals surface area contributed by atoms with Crippen LogP contribution in [0.5, 0.6) is 0 Å². The Balaban J connectivity index is 2.68. The molecule has 1 aromatic heterocycles. The van der Waals surface area contributed by atoms with Crippen molar-refractivity contribution in [3.05, 3.63) is 18.1 Å². The van der Waals surface area contributed by atoms with E-state index in [0.29, 0.717) is 6.04 Å². The lowest BCUT2D eigenvalue weighted by molar-refractivity contribution is 0.583. The maximum Gasteiger partial charge on any atom is 0.147 e. The van der Waals surface area contributed by atoms with Crippen LogP contribution in [0.25, 0.3) is 0 Å². The minimum Gasteiger partial charge on any atom is -0.355 e. The Morgan fingerprint density at radius 3 is 2.56 bits per heavy atom. The smallest absolute Gasteiger partial charge is 0.147 e. The highest BCUT2D eigenvalue weighted by Crippen LogP contribution is 2.15. The average molecular weight is 250 g/mol. The summed E-state index contributed by atoms with van der Waals surface area (Å²) < 4.78 is 0. The summed E-state index contributed by atoms with van der Waals surface area (Å²) in [6.07, 6.45) is 7.09. The summed E-state index contributed by atoms with van der Waals surface area (Å²) >= 11 is 0. The number of anilines is 1. The molecular formula is C14H26N4. The van der Waals surface area contributed by atoms with Gasteiger partial charge in [0.25, 0.3) is 0 Å². The third-order valence-electron chi connectivity index (χ3n) is 3.26. The second-order valence-electron chi connectivity index (χ2n) is 4.63. The van der Waals surface area contributed by atoms with Crippen LogP contribution in [0.3, 0.4) is 0 Å². The lowest BCUT2D eigenvalue weighted by atomic mass is 10.1. The molecule has 102 valence electrons. The maximum atomic E-state index is 4.66. The zero-order valence-electron chi connectivity index (χ0n) is 12.1. The third-order valence-corrected chi connectivity index (χ3v) is 3.26. The van der Waals surface area contributed by atoms with Gasteiger partial charge in [-0.05, 0) is 25.8 Å². The van der Waals surface area contributed by atoms with E-state index in [1.54, 1.807) is 0 Å². The van der Waals surface area contributed by atoms with Crippen molar-refractivity contribution in [2.24, 2.45) is 0 Å². The van der Waals surface area contributed by atoms with Crippen LogP contribution in [0.2, 0.25) is 0 Å². The van der Waals surface area contributed by atoms with Gasteiger partial charge in [-0.3, -0.25) is 4.98 Å². The Morgan fingerprint density at radius 1 is 1.22 bits per heavy atom. The van der Waals surface area contributed by atoms with Gasteiger partial charge < -0.3 is 10.2 Å². The van der Waals surface area contributed by atoms with Gasteiger partial charge in [-0.15, -0.1) is 0 Å². The van der Waals surface area contributed by atoms with E-state index in [1.807, 2.05) is 12.4 Å². The van der Waals surface area contributed by atoms with Crippen LogP contribution in [-0.4, -0.2) is 29.6 Å². The van der Waals surface area contributed by atoms with Gasteiger partial charge >= 0.3 is 0 Å². The monoisotopic (exact) mass is 250 g/mol. The van der Waals surface area contributed by atoms with Crippen molar-refractivity contribution in [1.82, 2.24) is 15.3 Å². The van der Waals surface area contributed by atoms with Crippen LogP contribution in [0, 0.1) is 0 Å². The first-order chi connectivity index (χ1) is 8.72. The van der Waals surface area contributed by atoms with E-state index in [4.69, 9.17) is 0 Å². The molecule has 0 radical (unpaired) electrons. The van der Waals surface area contributed by atoms with Crippen LogP contribution in [-0.2, 0) is 6.54 Å². The van der Waals surface area contributed by atoms with Crippen molar-refractivity contribution in [1.29, 1.82) is 0 Å². The summed E-state index contributed by atoms with van der Waals surface area (Å²) in [6, 6.07) is 0.540. The van der Waals surface area contributed by atoms with E-state index >= 15 is 0 Å². The zero-order valence-corrected chi connectivity index (χ0v) is 12.1. The lowest BCUT2D eigenvalue weighted by Gasteiger charge is -2.27. The van der Waals surface area contributed by atoms with Crippen molar-refractivity contribution >= 4 is 5.82 Å². The number of hydrogen-bond donors (Lipinski definition) is 1. The minimum absolute atomic E-state index is 0.540. The summed E-state index contributed by atoms with van der Waals surface area (Å²) in [6.45, 7) is 8.41. The molecule has 0 aliphatic heterocycles. The highest BCUT2D eigenvalue weighted by Gasteiger charge is 2.12. The van der Waals surface area contributed by atoms with Crippen LogP contribution in [0.1, 0.15) is 45.7 Å². The zero-order chi connectivity index (χ0) is 13.4. The van der Waals surface area contributed by atoms with Crippen LogP contribution >= 0.6 is 0 Å². The predicted molar refractivity (Wildman–Crippen MR) is 76.8 cm³/mol. The molecule has 1 aromatic rings. The Bertz CT molecular complexity index is 336. The summed E-state index contributed by atoms with van der Waals surface area (Å²) in [5.74, 6) is 0.972. The van der Waals surface area contributed by atoms with Crippen molar-refractivity contribution in [3.8, 4) is 0 Å². The van der Waals surface area contributed by atoms with Crippen LogP contribution in [0.15, 0.2) is 12.4 Å².